The first-order chi connectivity index (χ1) is 29.0. The van der Waals surface area contributed by atoms with Gasteiger partial charge in [0.1, 0.15) is 13.2 Å². The van der Waals surface area contributed by atoms with Crippen LogP contribution in [0, 0.1) is 0 Å². The molecule has 0 aliphatic heterocycles. The van der Waals surface area contributed by atoms with Gasteiger partial charge < -0.3 is 14.2 Å². The lowest BCUT2D eigenvalue weighted by Gasteiger charge is -2.18. The molecule has 1 atom stereocenters. The van der Waals surface area contributed by atoms with Crippen LogP contribution in [0.2, 0.25) is 0 Å². The summed E-state index contributed by atoms with van der Waals surface area (Å²) in [6.45, 7) is 6.38. The van der Waals surface area contributed by atoms with Crippen LogP contribution in [0.5, 0.6) is 0 Å². The van der Waals surface area contributed by atoms with E-state index in [0.717, 1.165) is 83.5 Å². The molecule has 0 spiro atoms. The van der Waals surface area contributed by atoms with Crippen LogP contribution in [-0.4, -0.2) is 37.2 Å². The van der Waals surface area contributed by atoms with Crippen molar-refractivity contribution < 1.29 is 28.6 Å². The Labute approximate surface area is 362 Å². The summed E-state index contributed by atoms with van der Waals surface area (Å²) in [6.07, 6.45) is 61.0. The molecular formula is C53H86O6. The highest BCUT2D eigenvalue weighted by Gasteiger charge is 2.19. The number of hydrogen-bond donors (Lipinski definition) is 0. The second kappa shape index (κ2) is 47.0. The number of carbonyl (C=O) groups is 3. The van der Waals surface area contributed by atoms with Gasteiger partial charge in [0.05, 0.1) is 0 Å². The smallest absolute Gasteiger partial charge is 0.306 e. The zero-order chi connectivity index (χ0) is 43.0. The van der Waals surface area contributed by atoms with E-state index < -0.39 is 6.10 Å². The number of hydrogen-bond acceptors (Lipinski definition) is 6. The predicted octanol–water partition coefficient (Wildman–Crippen LogP) is 15.4. The topological polar surface area (TPSA) is 78.9 Å². The summed E-state index contributed by atoms with van der Waals surface area (Å²) < 4.78 is 16.7. The van der Waals surface area contributed by atoms with Crippen LogP contribution in [0.3, 0.4) is 0 Å². The summed E-state index contributed by atoms with van der Waals surface area (Å²) in [7, 11) is 0. The monoisotopic (exact) mass is 819 g/mol. The molecule has 0 aromatic carbocycles. The Hall–Kier alpha value is -3.67. The largest absolute Gasteiger partial charge is 0.462 e. The summed E-state index contributed by atoms with van der Waals surface area (Å²) in [5.41, 5.74) is 0. The first-order valence-electron chi connectivity index (χ1n) is 23.8. The molecule has 0 bridgehead atoms. The molecule has 0 aromatic rings. The predicted molar refractivity (Wildman–Crippen MR) is 251 cm³/mol. The Morgan fingerprint density at radius 2 is 0.695 bits per heavy atom. The van der Waals surface area contributed by atoms with Crippen molar-refractivity contribution in [3.05, 3.63) is 97.2 Å². The van der Waals surface area contributed by atoms with Crippen molar-refractivity contribution in [2.45, 2.75) is 207 Å². The fourth-order valence-corrected chi connectivity index (χ4v) is 6.17. The van der Waals surface area contributed by atoms with Gasteiger partial charge in [0.25, 0.3) is 0 Å². The average molecular weight is 819 g/mol. The van der Waals surface area contributed by atoms with Gasteiger partial charge in [-0.05, 0) is 57.8 Å². The lowest BCUT2D eigenvalue weighted by Crippen LogP contribution is -2.30. The molecule has 0 heterocycles. The first-order valence-corrected chi connectivity index (χ1v) is 23.8. The molecule has 0 saturated heterocycles. The molecule has 0 saturated carbocycles. The van der Waals surface area contributed by atoms with Gasteiger partial charge in [0.2, 0.25) is 0 Å². The van der Waals surface area contributed by atoms with Crippen molar-refractivity contribution in [2.75, 3.05) is 13.2 Å². The molecule has 334 valence electrons. The molecule has 0 aliphatic carbocycles. The van der Waals surface area contributed by atoms with Crippen LogP contribution < -0.4 is 0 Å². The molecule has 0 N–H and O–H groups in total. The molecule has 0 aliphatic rings. The van der Waals surface area contributed by atoms with Crippen LogP contribution in [-0.2, 0) is 28.6 Å². The van der Waals surface area contributed by atoms with Gasteiger partial charge in [-0.2, -0.15) is 0 Å². The maximum Gasteiger partial charge on any atom is 0.306 e. The molecule has 1 unspecified atom stereocenters. The summed E-state index contributed by atoms with van der Waals surface area (Å²) >= 11 is 0. The zero-order valence-electron chi connectivity index (χ0n) is 38.0. The minimum Gasteiger partial charge on any atom is -0.462 e. The standard InChI is InChI=1S/C53H86O6/c1-4-7-10-13-16-19-22-23-24-25-26-27-28-29-32-34-37-40-43-46-52(55)58-49-50(59-53(56)47-44-41-38-35-31-21-18-15-12-9-6-3)48-57-51(54)45-42-39-36-33-30-20-17-14-11-8-5-2/h7,10,13,15-16,18-19,22-29,32,50H,4-6,8-9,11-12,14,17,20-21,30-31,33-49H2,1-3H3/b10-7-,16-13-,18-15-,22-19-,24-23-,26-25+,28-27-,32-29-. The van der Waals surface area contributed by atoms with Crippen LogP contribution in [0.4, 0.5) is 0 Å². The third-order valence-corrected chi connectivity index (χ3v) is 9.77. The van der Waals surface area contributed by atoms with E-state index in [-0.39, 0.29) is 31.1 Å². The van der Waals surface area contributed by atoms with Crippen LogP contribution >= 0.6 is 0 Å². The van der Waals surface area contributed by atoms with Gasteiger partial charge in [-0.1, -0.05) is 221 Å². The van der Waals surface area contributed by atoms with E-state index in [1.807, 2.05) is 72.9 Å². The number of rotatable bonds is 41. The van der Waals surface area contributed by atoms with Crippen LogP contribution in [0.25, 0.3) is 0 Å². The van der Waals surface area contributed by atoms with Gasteiger partial charge in [0, 0.05) is 19.3 Å². The number of esters is 3. The van der Waals surface area contributed by atoms with Crippen molar-refractivity contribution in [3.8, 4) is 0 Å². The van der Waals surface area contributed by atoms with E-state index in [2.05, 4.69) is 45.1 Å². The van der Waals surface area contributed by atoms with E-state index in [0.29, 0.717) is 19.3 Å². The van der Waals surface area contributed by atoms with Crippen molar-refractivity contribution in [1.82, 2.24) is 0 Å². The second-order valence-electron chi connectivity index (χ2n) is 15.5. The van der Waals surface area contributed by atoms with Gasteiger partial charge in [-0.15, -0.1) is 0 Å². The van der Waals surface area contributed by atoms with Crippen molar-refractivity contribution >= 4 is 17.9 Å². The normalized spacial score (nSPS) is 12.9. The van der Waals surface area contributed by atoms with E-state index in [9.17, 15) is 14.4 Å². The van der Waals surface area contributed by atoms with Gasteiger partial charge in [-0.3, -0.25) is 14.4 Å². The molecule has 0 aromatic heterocycles. The zero-order valence-corrected chi connectivity index (χ0v) is 38.0. The quantitative estimate of drug-likeness (QED) is 0.0201. The molecule has 0 amide bonds. The highest BCUT2D eigenvalue weighted by molar-refractivity contribution is 5.71. The number of allylic oxidation sites excluding steroid dienone is 16. The number of ether oxygens (including phenoxy) is 3. The Bertz CT molecular complexity index is 1220. The highest BCUT2D eigenvalue weighted by Crippen LogP contribution is 2.14. The van der Waals surface area contributed by atoms with Crippen molar-refractivity contribution in [1.29, 1.82) is 0 Å². The third kappa shape index (κ3) is 45.3. The van der Waals surface area contributed by atoms with Crippen molar-refractivity contribution in [3.63, 3.8) is 0 Å². The number of carbonyl (C=O) groups excluding carboxylic acids is 3. The number of unbranched alkanes of at least 4 members (excludes halogenated alkanes) is 20. The SMILES string of the molecule is CC\C=C/C=C\C=C/C=C\C=C\C=C/C=C\CCCCCC(=O)OCC(COC(=O)CCCCCCCCCCCCC)OC(=O)CCCCCCC/C=C\CCCC. The molecule has 6 nitrogen and oxygen atoms in total. The lowest BCUT2D eigenvalue weighted by atomic mass is 10.1. The average Bonchev–Trinajstić information content (AvgIpc) is 3.23. The van der Waals surface area contributed by atoms with E-state index >= 15 is 0 Å². The fraction of sp³-hybridized carbons (Fsp3) is 0.642. The first kappa shape index (κ1) is 55.3. The summed E-state index contributed by atoms with van der Waals surface area (Å²) in [4.78, 5) is 37.8. The Kier molecular flexibility index (Phi) is 44.1. The molecule has 6 heteroatoms. The molecule has 0 radical (unpaired) electrons. The summed E-state index contributed by atoms with van der Waals surface area (Å²) in [5, 5.41) is 0. The van der Waals surface area contributed by atoms with Crippen molar-refractivity contribution in [2.24, 2.45) is 0 Å². The molecule has 0 rings (SSSR count). The second-order valence-corrected chi connectivity index (χ2v) is 15.5. The maximum atomic E-state index is 12.7. The summed E-state index contributed by atoms with van der Waals surface area (Å²) in [6, 6.07) is 0. The maximum absolute atomic E-state index is 12.7. The minimum atomic E-state index is -0.798. The van der Waals surface area contributed by atoms with E-state index in [1.165, 1.54) is 77.0 Å². The minimum absolute atomic E-state index is 0.0957. The highest BCUT2D eigenvalue weighted by atomic mass is 16.6. The van der Waals surface area contributed by atoms with Crippen LogP contribution in [0.15, 0.2) is 97.2 Å². The molecular weight excluding hydrogens is 733 g/mol. The fourth-order valence-electron chi connectivity index (χ4n) is 6.17. The molecule has 0 fully saturated rings. The summed E-state index contributed by atoms with van der Waals surface area (Å²) in [5.74, 6) is -0.960. The Balaban J connectivity index is 4.48. The van der Waals surface area contributed by atoms with E-state index in [1.54, 1.807) is 0 Å². The van der Waals surface area contributed by atoms with E-state index in [4.69, 9.17) is 14.2 Å². The van der Waals surface area contributed by atoms with Gasteiger partial charge in [0.15, 0.2) is 6.10 Å². The lowest BCUT2D eigenvalue weighted by molar-refractivity contribution is -0.167. The van der Waals surface area contributed by atoms with Gasteiger partial charge in [-0.25, -0.2) is 0 Å². The third-order valence-electron chi connectivity index (χ3n) is 9.77. The van der Waals surface area contributed by atoms with Gasteiger partial charge >= 0.3 is 17.9 Å². The Morgan fingerprint density at radius 1 is 0.356 bits per heavy atom. The molecule has 59 heavy (non-hydrogen) atoms. The Morgan fingerprint density at radius 3 is 1.15 bits per heavy atom. The van der Waals surface area contributed by atoms with Crippen LogP contribution in [0.1, 0.15) is 201 Å².